The molecule has 0 spiro atoms. The second kappa shape index (κ2) is 10.4. The van der Waals surface area contributed by atoms with Crippen LogP contribution in [0.5, 0.6) is 0 Å². The van der Waals surface area contributed by atoms with Crippen molar-refractivity contribution in [1.29, 1.82) is 0 Å². The van der Waals surface area contributed by atoms with Gasteiger partial charge in [0, 0.05) is 48.2 Å². The summed E-state index contributed by atoms with van der Waals surface area (Å²) in [7, 11) is 0. The van der Waals surface area contributed by atoms with Crippen LogP contribution in [0, 0.1) is 0 Å². The Kier molecular flexibility index (Phi) is 7.33. The number of hydrogen-bond acceptors (Lipinski definition) is 4. The fraction of sp³-hybridized carbons (Fsp3) is 0.565. The Morgan fingerprint density at radius 2 is 1.90 bits per heavy atom. The SMILES string of the molecule is O=C(CSc1cn(CC(=O)N2CCCCCC2)c2ccccc12)NC[C@@H]1CCCO1. The van der Waals surface area contributed by atoms with Gasteiger partial charge in [-0.3, -0.25) is 9.59 Å². The Hall–Kier alpha value is -1.99. The number of fused-ring (bicyclic) bond motifs is 1. The standard InChI is InChI=1S/C23H31N3O3S/c27-22(24-14-18-8-7-13-29-18)17-30-21-15-26(20-10-4-3-9-19(20)21)16-23(28)25-11-5-1-2-6-12-25/h3-4,9-10,15,18H,1-2,5-8,11-14,16-17H2,(H,24,27)/t18-/m0/s1. The molecule has 0 radical (unpaired) electrons. The lowest BCUT2D eigenvalue weighted by atomic mass is 10.2. The van der Waals surface area contributed by atoms with Gasteiger partial charge in [0.25, 0.3) is 0 Å². The number of carbonyl (C=O) groups is 2. The zero-order valence-corrected chi connectivity index (χ0v) is 18.3. The molecule has 3 heterocycles. The molecule has 0 aliphatic carbocycles. The third-order valence-electron chi connectivity index (χ3n) is 5.93. The summed E-state index contributed by atoms with van der Waals surface area (Å²) in [5.74, 6) is 0.567. The molecule has 2 fully saturated rings. The van der Waals surface area contributed by atoms with E-state index in [0.717, 1.165) is 61.2 Å². The molecule has 2 amide bonds. The van der Waals surface area contributed by atoms with E-state index in [9.17, 15) is 9.59 Å². The Morgan fingerprint density at radius 1 is 1.10 bits per heavy atom. The maximum absolute atomic E-state index is 12.9. The summed E-state index contributed by atoms with van der Waals surface area (Å²) in [6.07, 6.45) is 8.90. The Bertz CT molecular complexity index is 868. The van der Waals surface area contributed by atoms with Crippen LogP contribution in [0.25, 0.3) is 10.9 Å². The van der Waals surface area contributed by atoms with Gasteiger partial charge in [-0.2, -0.15) is 0 Å². The van der Waals surface area contributed by atoms with E-state index in [1.165, 1.54) is 24.6 Å². The number of benzene rings is 1. The average Bonchev–Trinajstić information content (AvgIpc) is 3.30. The number of rotatable bonds is 7. The maximum Gasteiger partial charge on any atom is 0.242 e. The van der Waals surface area contributed by atoms with Gasteiger partial charge >= 0.3 is 0 Å². The smallest absolute Gasteiger partial charge is 0.242 e. The Labute approximate surface area is 182 Å². The van der Waals surface area contributed by atoms with E-state index in [0.29, 0.717) is 18.8 Å². The third-order valence-corrected chi connectivity index (χ3v) is 6.97. The summed E-state index contributed by atoms with van der Waals surface area (Å²) >= 11 is 1.53. The van der Waals surface area contributed by atoms with E-state index in [1.807, 2.05) is 33.9 Å². The first-order chi connectivity index (χ1) is 14.7. The fourth-order valence-electron chi connectivity index (χ4n) is 4.25. The lowest BCUT2D eigenvalue weighted by Gasteiger charge is -2.20. The number of likely N-dealkylation sites (tertiary alicyclic amines) is 1. The highest BCUT2D eigenvalue weighted by atomic mass is 32.2. The summed E-state index contributed by atoms with van der Waals surface area (Å²) in [5.41, 5.74) is 1.04. The fourth-order valence-corrected chi connectivity index (χ4v) is 5.17. The molecule has 7 heteroatoms. The van der Waals surface area contributed by atoms with Gasteiger partial charge in [0.15, 0.2) is 0 Å². The Morgan fingerprint density at radius 3 is 2.67 bits per heavy atom. The Balaban J connectivity index is 1.38. The molecule has 1 N–H and O–H groups in total. The van der Waals surface area contributed by atoms with Crippen LogP contribution < -0.4 is 5.32 Å². The van der Waals surface area contributed by atoms with Crippen molar-refractivity contribution in [2.75, 3.05) is 32.0 Å². The van der Waals surface area contributed by atoms with Gasteiger partial charge in [-0.15, -0.1) is 11.8 Å². The van der Waals surface area contributed by atoms with Crippen molar-refractivity contribution in [3.05, 3.63) is 30.5 Å². The molecule has 1 aromatic carbocycles. The molecule has 6 nitrogen and oxygen atoms in total. The quantitative estimate of drug-likeness (QED) is 0.685. The van der Waals surface area contributed by atoms with Crippen molar-refractivity contribution in [3.63, 3.8) is 0 Å². The van der Waals surface area contributed by atoms with E-state index < -0.39 is 0 Å². The molecule has 2 saturated heterocycles. The number of carbonyl (C=O) groups excluding carboxylic acids is 2. The molecule has 1 aromatic heterocycles. The molecular formula is C23H31N3O3S. The number of ether oxygens (including phenoxy) is 1. The molecule has 30 heavy (non-hydrogen) atoms. The lowest BCUT2D eigenvalue weighted by molar-refractivity contribution is -0.131. The summed E-state index contributed by atoms with van der Waals surface area (Å²) in [5, 5.41) is 4.07. The van der Waals surface area contributed by atoms with E-state index in [4.69, 9.17) is 4.74 Å². The van der Waals surface area contributed by atoms with Gasteiger partial charge in [-0.25, -0.2) is 0 Å². The van der Waals surface area contributed by atoms with E-state index >= 15 is 0 Å². The molecule has 0 saturated carbocycles. The van der Waals surface area contributed by atoms with Crippen molar-refractivity contribution in [1.82, 2.24) is 14.8 Å². The molecule has 2 aliphatic heterocycles. The minimum atomic E-state index is 0.0213. The number of nitrogens with zero attached hydrogens (tertiary/aromatic N) is 2. The minimum absolute atomic E-state index is 0.0213. The first-order valence-corrected chi connectivity index (χ1v) is 12.1. The second-order valence-corrected chi connectivity index (χ2v) is 9.18. The summed E-state index contributed by atoms with van der Waals surface area (Å²) in [6.45, 7) is 3.47. The average molecular weight is 430 g/mol. The summed E-state index contributed by atoms with van der Waals surface area (Å²) in [6, 6.07) is 8.12. The first-order valence-electron chi connectivity index (χ1n) is 11.1. The predicted molar refractivity (Wildman–Crippen MR) is 120 cm³/mol. The highest BCUT2D eigenvalue weighted by Crippen LogP contribution is 2.30. The highest BCUT2D eigenvalue weighted by molar-refractivity contribution is 8.00. The van der Waals surface area contributed by atoms with Crippen LogP contribution >= 0.6 is 11.8 Å². The number of nitrogens with one attached hydrogen (secondary N) is 1. The van der Waals surface area contributed by atoms with Crippen LogP contribution in [-0.2, 0) is 20.9 Å². The van der Waals surface area contributed by atoms with E-state index in [2.05, 4.69) is 11.4 Å². The number of amides is 2. The van der Waals surface area contributed by atoms with E-state index in [1.54, 1.807) is 0 Å². The molecule has 2 aliphatic rings. The van der Waals surface area contributed by atoms with Crippen LogP contribution in [0.2, 0.25) is 0 Å². The van der Waals surface area contributed by atoms with Gasteiger partial charge in [0.05, 0.1) is 11.9 Å². The van der Waals surface area contributed by atoms with Gasteiger partial charge < -0.3 is 19.5 Å². The van der Waals surface area contributed by atoms with Crippen LogP contribution in [0.15, 0.2) is 35.4 Å². The predicted octanol–water partition coefficient (Wildman–Crippen LogP) is 3.43. The van der Waals surface area contributed by atoms with Crippen LogP contribution in [0.1, 0.15) is 38.5 Å². The van der Waals surface area contributed by atoms with Crippen molar-refractivity contribution in [3.8, 4) is 0 Å². The van der Waals surface area contributed by atoms with Gasteiger partial charge in [0.2, 0.25) is 11.8 Å². The molecule has 0 bridgehead atoms. The van der Waals surface area contributed by atoms with Crippen LogP contribution in [0.4, 0.5) is 0 Å². The summed E-state index contributed by atoms with van der Waals surface area (Å²) < 4.78 is 7.60. The van der Waals surface area contributed by atoms with Crippen molar-refractivity contribution < 1.29 is 14.3 Å². The second-order valence-electron chi connectivity index (χ2n) is 8.16. The van der Waals surface area contributed by atoms with Crippen LogP contribution in [-0.4, -0.2) is 59.4 Å². The molecule has 0 unspecified atom stereocenters. The zero-order valence-electron chi connectivity index (χ0n) is 17.5. The molecule has 2 aromatic rings. The largest absolute Gasteiger partial charge is 0.376 e. The third kappa shape index (κ3) is 5.38. The number of hydrogen-bond donors (Lipinski definition) is 1. The monoisotopic (exact) mass is 429 g/mol. The highest BCUT2D eigenvalue weighted by Gasteiger charge is 2.19. The zero-order chi connectivity index (χ0) is 20.8. The van der Waals surface area contributed by atoms with Gasteiger partial charge in [-0.1, -0.05) is 31.0 Å². The first kappa shape index (κ1) is 21.2. The molecule has 162 valence electrons. The maximum atomic E-state index is 12.9. The topological polar surface area (TPSA) is 63.6 Å². The molecular weight excluding hydrogens is 398 g/mol. The van der Waals surface area contributed by atoms with Gasteiger partial charge in [0.1, 0.15) is 6.54 Å². The summed E-state index contributed by atoms with van der Waals surface area (Å²) in [4.78, 5) is 28.2. The van der Waals surface area contributed by atoms with Crippen LogP contribution in [0.3, 0.4) is 0 Å². The number of aromatic nitrogens is 1. The number of thioether (sulfide) groups is 1. The normalized spacial score (nSPS) is 19.7. The molecule has 4 rings (SSSR count). The van der Waals surface area contributed by atoms with Gasteiger partial charge in [-0.05, 0) is 31.7 Å². The minimum Gasteiger partial charge on any atom is -0.376 e. The van der Waals surface area contributed by atoms with Crippen molar-refractivity contribution in [2.24, 2.45) is 0 Å². The number of para-hydroxylation sites is 1. The van der Waals surface area contributed by atoms with E-state index in [-0.39, 0.29) is 17.9 Å². The van der Waals surface area contributed by atoms with Crippen molar-refractivity contribution >= 4 is 34.5 Å². The van der Waals surface area contributed by atoms with Crippen molar-refractivity contribution in [2.45, 2.75) is 56.1 Å². The molecule has 1 atom stereocenters. The lowest BCUT2D eigenvalue weighted by Crippen LogP contribution is -2.34.